The molecule has 0 saturated carbocycles. The van der Waals surface area contributed by atoms with Crippen LogP contribution in [0.2, 0.25) is 0 Å². The first-order valence-corrected chi connectivity index (χ1v) is 11.2. The van der Waals surface area contributed by atoms with Crippen LogP contribution in [0, 0.1) is 11.8 Å². The molecule has 0 spiro atoms. The molecule has 0 aliphatic heterocycles. The highest BCUT2D eigenvalue weighted by Gasteiger charge is 2.36. The lowest BCUT2D eigenvalue weighted by Crippen LogP contribution is -2.32. The van der Waals surface area contributed by atoms with E-state index in [9.17, 15) is 18.0 Å². The van der Waals surface area contributed by atoms with Crippen molar-refractivity contribution in [2.75, 3.05) is 23.3 Å². The fourth-order valence-electron chi connectivity index (χ4n) is 3.35. The maximum Gasteiger partial charge on any atom is 0.452 e. The van der Waals surface area contributed by atoms with Crippen molar-refractivity contribution in [3.05, 3.63) is 29.6 Å². The normalized spacial score (nSPS) is 12.8. The van der Waals surface area contributed by atoms with E-state index in [-0.39, 0.29) is 23.4 Å². The van der Waals surface area contributed by atoms with Gasteiger partial charge in [0.25, 0.3) is 0 Å². The first kappa shape index (κ1) is 25.9. The van der Waals surface area contributed by atoms with Gasteiger partial charge in [-0.25, -0.2) is 5.84 Å². The molecule has 0 bridgehead atoms. The predicted octanol–water partition coefficient (Wildman–Crippen LogP) is 4.90. The Morgan fingerprint density at radius 2 is 1.78 bits per heavy atom. The van der Waals surface area contributed by atoms with E-state index in [1.54, 1.807) is 0 Å². The molecule has 11 heteroatoms. The average Bonchev–Trinajstić information content (AvgIpc) is 3.15. The third-order valence-electron chi connectivity index (χ3n) is 4.68. The second kappa shape index (κ2) is 11.0. The lowest BCUT2D eigenvalue weighted by molar-refractivity contribution is -0.144. The minimum atomic E-state index is -4.60. The second-order valence-corrected chi connectivity index (χ2v) is 9.44. The van der Waals surface area contributed by atoms with E-state index in [0.29, 0.717) is 29.1 Å². The summed E-state index contributed by atoms with van der Waals surface area (Å²) in [6.45, 7) is 11.9. The summed E-state index contributed by atoms with van der Waals surface area (Å²) in [6, 6.07) is 5.72. The van der Waals surface area contributed by atoms with E-state index in [4.69, 9.17) is 5.84 Å². The Morgan fingerprint density at radius 3 is 2.28 bits per heavy atom. The number of carbonyl (C=O) groups is 1. The zero-order valence-corrected chi connectivity index (χ0v) is 19.8. The minimum Gasteiger partial charge on any atom is -0.369 e. The van der Waals surface area contributed by atoms with Crippen LogP contribution in [-0.4, -0.2) is 28.4 Å². The molecule has 0 aliphatic rings. The quantitative estimate of drug-likeness (QED) is 0.259. The van der Waals surface area contributed by atoms with E-state index in [1.807, 2.05) is 25.1 Å². The number of nitrogens with zero attached hydrogens (tertiary/aromatic N) is 3. The molecule has 1 aromatic heterocycles. The van der Waals surface area contributed by atoms with Crippen LogP contribution >= 0.6 is 11.5 Å². The van der Waals surface area contributed by atoms with Gasteiger partial charge in [0.1, 0.15) is 0 Å². The summed E-state index contributed by atoms with van der Waals surface area (Å²) < 4.78 is 42.3. The Bertz CT molecular complexity index is 890. The van der Waals surface area contributed by atoms with Gasteiger partial charge >= 0.3 is 6.18 Å². The fourth-order valence-corrected chi connectivity index (χ4v) is 3.95. The topological polar surface area (TPSA) is 96.2 Å². The lowest BCUT2D eigenvalue weighted by Gasteiger charge is -2.31. The highest BCUT2D eigenvalue weighted by Crippen LogP contribution is 2.36. The molecular formula is C21H31F3N6OS. The Hall–Kier alpha value is -2.40. The number of amides is 1. The van der Waals surface area contributed by atoms with Gasteiger partial charge in [0.15, 0.2) is 0 Å². The molecule has 1 heterocycles. The highest BCUT2D eigenvalue weighted by atomic mass is 32.1. The summed E-state index contributed by atoms with van der Waals surface area (Å²) in [5, 5.41) is 3.09. The number of nitrogens with two attached hydrogens (primary N) is 1. The van der Waals surface area contributed by atoms with Gasteiger partial charge in [0, 0.05) is 31.0 Å². The molecule has 0 fully saturated rings. The van der Waals surface area contributed by atoms with Gasteiger partial charge in [0.05, 0.1) is 11.4 Å². The molecule has 2 rings (SSSR count). The van der Waals surface area contributed by atoms with Crippen LogP contribution in [0.4, 0.5) is 29.7 Å². The van der Waals surface area contributed by atoms with Crippen LogP contribution < -0.4 is 21.5 Å². The molecule has 178 valence electrons. The number of hydrazine groups is 1. The number of halogens is 3. The van der Waals surface area contributed by atoms with Crippen LogP contribution in [-0.2, 0) is 11.0 Å². The Labute approximate surface area is 190 Å². The molecule has 2 aromatic rings. The van der Waals surface area contributed by atoms with Crippen LogP contribution in [0.5, 0.6) is 0 Å². The molecular weight excluding hydrogens is 441 g/mol. The van der Waals surface area contributed by atoms with Crippen molar-refractivity contribution in [1.82, 2.24) is 14.8 Å². The van der Waals surface area contributed by atoms with Crippen molar-refractivity contribution >= 4 is 33.9 Å². The second-order valence-electron chi connectivity index (χ2n) is 8.69. The van der Waals surface area contributed by atoms with E-state index in [2.05, 4.69) is 52.7 Å². The summed E-state index contributed by atoms with van der Waals surface area (Å²) in [5.41, 5.74) is 4.46. The maximum atomic E-state index is 13.0. The van der Waals surface area contributed by atoms with Crippen molar-refractivity contribution in [2.45, 2.75) is 53.1 Å². The Kier molecular flexibility index (Phi) is 8.85. The van der Waals surface area contributed by atoms with Crippen LogP contribution in [0.1, 0.15) is 58.3 Å². The molecule has 7 nitrogen and oxygen atoms in total. The minimum absolute atomic E-state index is 0.0529. The number of rotatable bonds is 10. The molecule has 32 heavy (non-hydrogen) atoms. The zero-order valence-electron chi connectivity index (χ0n) is 19.0. The van der Waals surface area contributed by atoms with Crippen LogP contribution in [0.15, 0.2) is 18.2 Å². The number of hydrogen-bond acceptors (Lipinski definition) is 7. The van der Waals surface area contributed by atoms with Crippen molar-refractivity contribution in [1.29, 1.82) is 0 Å². The summed E-state index contributed by atoms with van der Waals surface area (Å²) in [5.74, 6) is 4.36. The van der Waals surface area contributed by atoms with Crippen molar-refractivity contribution in [2.24, 2.45) is 17.7 Å². The van der Waals surface area contributed by atoms with Gasteiger partial charge in [-0.15, -0.1) is 0 Å². The molecule has 0 aliphatic carbocycles. The third kappa shape index (κ3) is 7.33. The van der Waals surface area contributed by atoms with Gasteiger partial charge < -0.3 is 10.2 Å². The standard InChI is InChI=1S/C21H31F3N6OS/c1-12(2)10-30(11-13(3)4)17-7-6-15(14(5)8-18(31)28-25)9-16(17)26-20-27-19(29-32-20)21(22,23)24/h6-7,9,12-14H,8,10-11,25H2,1-5H3,(H,28,31)(H,26,27,29)/t14-/m1/s1. The zero-order chi connectivity index (χ0) is 24.1. The molecule has 0 unspecified atom stereocenters. The van der Waals surface area contributed by atoms with Crippen LogP contribution in [0.3, 0.4) is 0 Å². The van der Waals surface area contributed by atoms with Gasteiger partial charge in [0.2, 0.25) is 16.9 Å². The Balaban J connectivity index is 2.47. The summed E-state index contributed by atoms with van der Waals surface area (Å²) in [4.78, 5) is 17.5. The third-order valence-corrected chi connectivity index (χ3v) is 5.31. The number of benzene rings is 1. The Morgan fingerprint density at radius 1 is 1.16 bits per heavy atom. The predicted molar refractivity (Wildman–Crippen MR) is 122 cm³/mol. The molecule has 1 aromatic carbocycles. The summed E-state index contributed by atoms with van der Waals surface area (Å²) >= 11 is 0.657. The first-order chi connectivity index (χ1) is 14.9. The largest absolute Gasteiger partial charge is 0.452 e. The number of anilines is 3. The maximum absolute atomic E-state index is 13.0. The van der Waals surface area contributed by atoms with Crippen LogP contribution in [0.25, 0.3) is 0 Å². The van der Waals surface area contributed by atoms with Crippen molar-refractivity contribution < 1.29 is 18.0 Å². The summed E-state index contributed by atoms with van der Waals surface area (Å²) in [6.07, 6.45) is -4.42. The van der Waals surface area contributed by atoms with E-state index >= 15 is 0 Å². The number of nitrogens with one attached hydrogen (secondary N) is 2. The lowest BCUT2D eigenvalue weighted by atomic mass is 9.96. The molecule has 1 amide bonds. The van der Waals surface area contributed by atoms with Gasteiger partial charge in [-0.2, -0.15) is 22.5 Å². The van der Waals surface area contributed by atoms with E-state index in [0.717, 1.165) is 24.3 Å². The smallest absolute Gasteiger partial charge is 0.369 e. The first-order valence-electron chi connectivity index (χ1n) is 10.5. The molecule has 4 N–H and O–H groups in total. The van der Waals surface area contributed by atoms with Gasteiger partial charge in [-0.05, 0) is 35.4 Å². The van der Waals surface area contributed by atoms with E-state index < -0.39 is 12.0 Å². The number of aromatic nitrogens is 2. The monoisotopic (exact) mass is 472 g/mol. The van der Waals surface area contributed by atoms with Gasteiger partial charge in [-0.3, -0.25) is 10.2 Å². The number of carbonyl (C=O) groups excluding carboxylic acids is 1. The van der Waals surface area contributed by atoms with E-state index in [1.165, 1.54) is 0 Å². The van der Waals surface area contributed by atoms with Crippen molar-refractivity contribution in [3.63, 3.8) is 0 Å². The van der Waals surface area contributed by atoms with Crippen molar-refractivity contribution in [3.8, 4) is 0 Å². The SMILES string of the molecule is CC(C)CN(CC(C)C)c1ccc([C@H](C)CC(=O)NN)cc1Nc1nc(C(F)(F)F)ns1. The highest BCUT2D eigenvalue weighted by molar-refractivity contribution is 7.09. The number of alkyl halides is 3. The molecule has 1 atom stereocenters. The average molecular weight is 473 g/mol. The molecule has 0 saturated heterocycles. The van der Waals surface area contributed by atoms with Gasteiger partial charge in [-0.1, -0.05) is 40.7 Å². The summed E-state index contributed by atoms with van der Waals surface area (Å²) in [7, 11) is 0. The number of hydrogen-bond donors (Lipinski definition) is 3. The molecule has 0 radical (unpaired) electrons. The fraction of sp³-hybridized carbons (Fsp3) is 0.571.